The van der Waals surface area contributed by atoms with Crippen molar-refractivity contribution in [1.29, 1.82) is 0 Å². The highest BCUT2D eigenvalue weighted by molar-refractivity contribution is 6.12. The largest absolute Gasteiger partial charge is 0.416 e. The normalized spacial score (nSPS) is 11.0. The van der Waals surface area contributed by atoms with Crippen LogP contribution in [0, 0.1) is 6.92 Å². The molecule has 7 heteroatoms. The monoisotopic (exact) mass is 398 g/mol. The number of alkyl halides is 3. The Kier molecular flexibility index (Phi) is 5.68. The molecule has 0 saturated carbocycles. The van der Waals surface area contributed by atoms with Crippen molar-refractivity contribution < 1.29 is 22.8 Å². The summed E-state index contributed by atoms with van der Waals surface area (Å²) in [6, 6.07) is 17.5. The molecule has 0 aliphatic heterocycles. The third kappa shape index (κ3) is 5.01. The first-order valence-electron chi connectivity index (χ1n) is 8.70. The summed E-state index contributed by atoms with van der Waals surface area (Å²) in [5.74, 6) is -1.03. The number of carbonyl (C=O) groups excluding carboxylic acids is 2. The summed E-state index contributed by atoms with van der Waals surface area (Å²) in [4.78, 5) is 25.1. The molecular formula is C22H17F3N2O2. The Labute approximate surface area is 165 Å². The minimum absolute atomic E-state index is 0.00416. The number of carbonyl (C=O) groups is 2. The van der Waals surface area contributed by atoms with E-state index < -0.39 is 23.6 Å². The molecule has 0 fully saturated rings. The summed E-state index contributed by atoms with van der Waals surface area (Å²) in [5.41, 5.74) is 0.944. The van der Waals surface area contributed by atoms with Gasteiger partial charge in [0.25, 0.3) is 11.8 Å². The molecule has 0 atom stereocenters. The van der Waals surface area contributed by atoms with Crippen molar-refractivity contribution in [3.63, 3.8) is 0 Å². The van der Waals surface area contributed by atoms with E-state index in [9.17, 15) is 22.8 Å². The molecule has 29 heavy (non-hydrogen) atoms. The lowest BCUT2D eigenvalue weighted by Crippen LogP contribution is -2.18. The van der Waals surface area contributed by atoms with Gasteiger partial charge in [0.15, 0.2) is 0 Å². The van der Waals surface area contributed by atoms with Gasteiger partial charge in [-0.1, -0.05) is 35.9 Å². The molecule has 3 rings (SSSR count). The summed E-state index contributed by atoms with van der Waals surface area (Å²) in [6.07, 6.45) is -4.51. The van der Waals surface area contributed by atoms with E-state index in [-0.39, 0.29) is 16.9 Å². The molecule has 0 aromatic heterocycles. The number of hydrogen-bond donors (Lipinski definition) is 2. The first kappa shape index (κ1) is 20.1. The highest BCUT2D eigenvalue weighted by Crippen LogP contribution is 2.31. The fourth-order valence-electron chi connectivity index (χ4n) is 2.66. The number of hydrogen-bond acceptors (Lipinski definition) is 2. The zero-order chi connectivity index (χ0) is 21.0. The number of benzene rings is 3. The maximum Gasteiger partial charge on any atom is 0.416 e. The van der Waals surface area contributed by atoms with Crippen LogP contribution in [-0.2, 0) is 6.18 Å². The van der Waals surface area contributed by atoms with Gasteiger partial charge < -0.3 is 10.6 Å². The van der Waals surface area contributed by atoms with E-state index in [4.69, 9.17) is 0 Å². The van der Waals surface area contributed by atoms with Crippen LogP contribution in [0.3, 0.4) is 0 Å². The molecule has 148 valence electrons. The van der Waals surface area contributed by atoms with E-state index in [1.165, 1.54) is 18.2 Å². The third-order valence-electron chi connectivity index (χ3n) is 4.18. The molecule has 3 aromatic rings. The summed E-state index contributed by atoms with van der Waals surface area (Å²) in [7, 11) is 0. The number of anilines is 2. The number of halogens is 3. The van der Waals surface area contributed by atoms with Gasteiger partial charge in [-0.15, -0.1) is 0 Å². The van der Waals surface area contributed by atoms with Crippen LogP contribution in [0.4, 0.5) is 24.5 Å². The second kappa shape index (κ2) is 8.18. The van der Waals surface area contributed by atoms with Gasteiger partial charge in [-0.25, -0.2) is 0 Å². The molecule has 4 nitrogen and oxygen atoms in total. The SMILES string of the molecule is Cc1ccc(C(=O)Nc2ccccc2C(=O)Nc2cccc(C(F)(F)F)c2)cc1. The molecule has 0 aliphatic carbocycles. The molecule has 2 N–H and O–H groups in total. The van der Waals surface area contributed by atoms with Gasteiger partial charge in [0, 0.05) is 11.3 Å². The minimum Gasteiger partial charge on any atom is -0.322 e. The Bertz CT molecular complexity index is 1040. The van der Waals surface area contributed by atoms with Crippen LogP contribution < -0.4 is 10.6 Å². The van der Waals surface area contributed by atoms with Gasteiger partial charge in [0.2, 0.25) is 0 Å². The van der Waals surface area contributed by atoms with Gasteiger partial charge >= 0.3 is 6.18 Å². The second-order valence-electron chi connectivity index (χ2n) is 6.40. The number of para-hydroxylation sites is 1. The Morgan fingerprint density at radius 1 is 0.793 bits per heavy atom. The summed E-state index contributed by atoms with van der Waals surface area (Å²) in [6.45, 7) is 1.90. The van der Waals surface area contributed by atoms with Gasteiger partial charge in [-0.2, -0.15) is 13.2 Å². The maximum absolute atomic E-state index is 12.9. The van der Waals surface area contributed by atoms with Crippen molar-refractivity contribution in [2.45, 2.75) is 13.1 Å². The van der Waals surface area contributed by atoms with Crippen molar-refractivity contribution in [1.82, 2.24) is 0 Å². The Morgan fingerprint density at radius 3 is 2.17 bits per heavy atom. The third-order valence-corrected chi connectivity index (χ3v) is 4.18. The Hall–Kier alpha value is -3.61. The van der Waals surface area contributed by atoms with Crippen molar-refractivity contribution in [2.24, 2.45) is 0 Å². The quantitative estimate of drug-likeness (QED) is 0.608. The molecule has 0 spiro atoms. The van der Waals surface area contributed by atoms with Crippen LogP contribution in [0.25, 0.3) is 0 Å². The molecule has 0 radical (unpaired) electrons. The average molecular weight is 398 g/mol. The van der Waals surface area contributed by atoms with Crippen molar-refractivity contribution >= 4 is 23.2 Å². The van der Waals surface area contributed by atoms with E-state index in [0.29, 0.717) is 5.56 Å². The lowest BCUT2D eigenvalue weighted by atomic mass is 10.1. The van der Waals surface area contributed by atoms with Gasteiger partial charge in [0.1, 0.15) is 0 Å². The molecule has 0 heterocycles. The van der Waals surface area contributed by atoms with Gasteiger partial charge in [0.05, 0.1) is 16.8 Å². The Balaban J connectivity index is 1.80. The molecule has 2 amide bonds. The van der Waals surface area contributed by atoms with Crippen LogP contribution in [-0.4, -0.2) is 11.8 Å². The van der Waals surface area contributed by atoms with Crippen molar-refractivity contribution in [2.75, 3.05) is 10.6 Å². The van der Waals surface area contributed by atoms with E-state index in [1.54, 1.807) is 42.5 Å². The Morgan fingerprint density at radius 2 is 1.48 bits per heavy atom. The number of rotatable bonds is 4. The van der Waals surface area contributed by atoms with Crippen LogP contribution in [0.2, 0.25) is 0 Å². The zero-order valence-electron chi connectivity index (χ0n) is 15.4. The fourth-order valence-corrected chi connectivity index (χ4v) is 2.66. The summed E-state index contributed by atoms with van der Waals surface area (Å²) < 4.78 is 38.6. The van der Waals surface area contributed by atoms with E-state index in [1.807, 2.05) is 6.92 Å². The van der Waals surface area contributed by atoms with Gasteiger partial charge in [-0.05, 0) is 49.4 Å². The van der Waals surface area contributed by atoms with E-state index in [2.05, 4.69) is 10.6 Å². The van der Waals surface area contributed by atoms with Crippen molar-refractivity contribution in [3.8, 4) is 0 Å². The molecule has 0 bridgehead atoms. The second-order valence-corrected chi connectivity index (χ2v) is 6.40. The number of nitrogens with one attached hydrogen (secondary N) is 2. The molecule has 0 saturated heterocycles. The molecule has 0 aliphatic rings. The number of amides is 2. The lowest BCUT2D eigenvalue weighted by Gasteiger charge is -2.13. The first-order chi connectivity index (χ1) is 13.7. The smallest absolute Gasteiger partial charge is 0.322 e. The predicted octanol–water partition coefficient (Wildman–Crippen LogP) is 5.52. The fraction of sp³-hybridized carbons (Fsp3) is 0.0909. The summed E-state index contributed by atoms with van der Waals surface area (Å²) >= 11 is 0. The van der Waals surface area contributed by atoms with Crippen molar-refractivity contribution in [3.05, 3.63) is 95.1 Å². The maximum atomic E-state index is 12.9. The van der Waals surface area contributed by atoms with E-state index >= 15 is 0 Å². The van der Waals surface area contributed by atoms with Crippen LogP contribution in [0.5, 0.6) is 0 Å². The highest BCUT2D eigenvalue weighted by Gasteiger charge is 2.30. The first-order valence-corrected chi connectivity index (χ1v) is 8.70. The molecule has 3 aromatic carbocycles. The highest BCUT2D eigenvalue weighted by atomic mass is 19.4. The van der Waals surface area contributed by atoms with Crippen LogP contribution >= 0.6 is 0 Å². The van der Waals surface area contributed by atoms with Gasteiger partial charge in [-0.3, -0.25) is 9.59 Å². The van der Waals surface area contributed by atoms with E-state index in [0.717, 1.165) is 17.7 Å². The molecule has 0 unspecified atom stereocenters. The van der Waals surface area contributed by atoms with Crippen LogP contribution in [0.15, 0.2) is 72.8 Å². The standard InChI is InChI=1S/C22H17F3N2O2/c1-14-9-11-15(12-10-14)20(28)27-19-8-3-2-7-18(19)21(29)26-17-6-4-5-16(13-17)22(23,24)25/h2-13H,1H3,(H,26,29)(H,27,28). The zero-order valence-corrected chi connectivity index (χ0v) is 15.4. The summed E-state index contributed by atoms with van der Waals surface area (Å²) in [5, 5.41) is 5.11. The minimum atomic E-state index is -4.51. The number of aryl methyl sites for hydroxylation is 1. The van der Waals surface area contributed by atoms with Crippen LogP contribution in [0.1, 0.15) is 31.8 Å². The molecular weight excluding hydrogens is 381 g/mol. The predicted molar refractivity (Wildman–Crippen MR) is 105 cm³/mol. The topological polar surface area (TPSA) is 58.2 Å². The average Bonchev–Trinajstić information content (AvgIpc) is 2.68. The lowest BCUT2D eigenvalue weighted by molar-refractivity contribution is -0.137.